The number of nitrogens with two attached hydrogens (primary N) is 1. The van der Waals surface area contributed by atoms with Gasteiger partial charge < -0.3 is 5.73 Å². The Bertz CT molecular complexity index is 497. The van der Waals surface area contributed by atoms with Gasteiger partial charge in [-0.1, -0.05) is 36.4 Å². The third-order valence-corrected chi connectivity index (χ3v) is 2.53. The minimum absolute atomic E-state index is 0.136. The topological polar surface area (TPSA) is 38.9 Å². The van der Waals surface area contributed by atoms with E-state index >= 15 is 0 Å². The molecule has 2 nitrogen and oxygen atoms in total. The van der Waals surface area contributed by atoms with Crippen molar-refractivity contribution in [2.24, 2.45) is 5.73 Å². The van der Waals surface area contributed by atoms with E-state index < -0.39 is 0 Å². The Morgan fingerprint density at radius 3 is 2.80 bits per heavy atom. The molecule has 2 heteroatoms. The zero-order valence-corrected chi connectivity index (χ0v) is 8.77. The van der Waals surface area contributed by atoms with Gasteiger partial charge in [-0.15, -0.1) is 0 Å². The molecule has 76 valence electrons. The zero-order valence-electron chi connectivity index (χ0n) is 8.77. The second-order valence-corrected chi connectivity index (χ2v) is 3.75. The Labute approximate surface area is 89.4 Å². The molecule has 0 fully saturated rings. The first-order valence-electron chi connectivity index (χ1n) is 4.95. The van der Waals surface area contributed by atoms with Crippen LogP contribution in [-0.4, -0.2) is 4.98 Å². The molecule has 15 heavy (non-hydrogen) atoms. The Morgan fingerprint density at radius 1 is 1.33 bits per heavy atom. The third kappa shape index (κ3) is 1.76. The number of fused-ring (bicyclic) bond motifs is 1. The van der Waals surface area contributed by atoms with Gasteiger partial charge in [-0.2, -0.15) is 0 Å². The maximum absolute atomic E-state index is 6.06. The maximum Gasteiger partial charge on any atom is 0.0752 e. The molecule has 2 N–H and O–H groups in total. The number of para-hydroxylation sites is 1. The van der Waals surface area contributed by atoms with E-state index in [1.807, 2.05) is 37.3 Å². The van der Waals surface area contributed by atoms with Crippen LogP contribution in [0, 0.1) is 0 Å². The smallest absolute Gasteiger partial charge is 0.0752 e. The molecule has 1 atom stereocenters. The van der Waals surface area contributed by atoms with Crippen molar-refractivity contribution < 1.29 is 0 Å². The van der Waals surface area contributed by atoms with Gasteiger partial charge in [0, 0.05) is 11.6 Å². The first kappa shape index (κ1) is 9.87. The summed E-state index contributed by atoms with van der Waals surface area (Å²) in [6, 6.07) is 9.88. The lowest BCUT2D eigenvalue weighted by atomic mass is 9.99. The molecule has 0 saturated heterocycles. The largest absolute Gasteiger partial charge is 0.320 e. The third-order valence-electron chi connectivity index (χ3n) is 2.53. The van der Waals surface area contributed by atoms with Crippen LogP contribution in [0.5, 0.6) is 0 Å². The minimum atomic E-state index is -0.136. The summed E-state index contributed by atoms with van der Waals surface area (Å²) in [5, 5.41) is 1.12. The number of rotatable bonds is 2. The summed E-state index contributed by atoms with van der Waals surface area (Å²) in [5.74, 6) is 0. The van der Waals surface area contributed by atoms with Crippen molar-refractivity contribution in [3.8, 4) is 0 Å². The Morgan fingerprint density at radius 2 is 2.07 bits per heavy atom. The number of benzene rings is 1. The van der Waals surface area contributed by atoms with Crippen molar-refractivity contribution in [2.45, 2.75) is 13.0 Å². The van der Waals surface area contributed by atoms with E-state index in [4.69, 9.17) is 5.73 Å². The Hall–Kier alpha value is -1.67. The molecule has 0 bridgehead atoms. The molecule has 0 spiro atoms. The molecular weight excluding hydrogens is 184 g/mol. The molecular formula is C13H14N2. The van der Waals surface area contributed by atoms with Gasteiger partial charge in [0.1, 0.15) is 0 Å². The van der Waals surface area contributed by atoms with Gasteiger partial charge in [-0.3, -0.25) is 4.98 Å². The van der Waals surface area contributed by atoms with Crippen LogP contribution in [0.2, 0.25) is 0 Å². The average Bonchev–Trinajstić information content (AvgIpc) is 2.27. The lowest BCUT2D eigenvalue weighted by molar-refractivity contribution is 0.856. The summed E-state index contributed by atoms with van der Waals surface area (Å²) in [5.41, 5.74) is 9.03. The Kier molecular flexibility index (Phi) is 2.52. The number of hydrogen-bond donors (Lipinski definition) is 1. The summed E-state index contributed by atoms with van der Waals surface area (Å²) < 4.78 is 0. The highest BCUT2D eigenvalue weighted by atomic mass is 14.7. The minimum Gasteiger partial charge on any atom is -0.320 e. The quantitative estimate of drug-likeness (QED) is 0.753. The van der Waals surface area contributed by atoms with Crippen LogP contribution in [0.1, 0.15) is 18.5 Å². The molecule has 1 heterocycles. The van der Waals surface area contributed by atoms with E-state index in [1.54, 1.807) is 6.20 Å². The van der Waals surface area contributed by atoms with E-state index in [0.717, 1.165) is 22.0 Å². The fourth-order valence-corrected chi connectivity index (χ4v) is 1.64. The fourth-order valence-electron chi connectivity index (χ4n) is 1.64. The molecule has 0 radical (unpaired) electrons. The van der Waals surface area contributed by atoms with Crippen molar-refractivity contribution >= 4 is 10.9 Å². The molecule has 0 amide bonds. The molecule has 0 saturated carbocycles. The van der Waals surface area contributed by atoms with Gasteiger partial charge in [0.2, 0.25) is 0 Å². The van der Waals surface area contributed by atoms with E-state index in [2.05, 4.69) is 11.6 Å². The lowest BCUT2D eigenvalue weighted by Crippen LogP contribution is -2.11. The number of hydrogen-bond acceptors (Lipinski definition) is 2. The monoisotopic (exact) mass is 198 g/mol. The molecule has 1 aromatic heterocycles. The van der Waals surface area contributed by atoms with E-state index in [1.165, 1.54) is 0 Å². The maximum atomic E-state index is 6.06. The van der Waals surface area contributed by atoms with Crippen LogP contribution in [0.3, 0.4) is 0 Å². The first-order chi connectivity index (χ1) is 7.20. The molecule has 2 rings (SSSR count). The zero-order chi connectivity index (χ0) is 10.8. The predicted octanol–water partition coefficient (Wildman–Crippen LogP) is 2.81. The highest BCUT2D eigenvalue weighted by Gasteiger charge is 2.10. The van der Waals surface area contributed by atoms with Crippen LogP contribution in [0.25, 0.3) is 10.9 Å². The molecule has 0 aliphatic rings. The summed E-state index contributed by atoms with van der Waals surface area (Å²) in [7, 11) is 0. The molecule has 1 unspecified atom stereocenters. The first-order valence-corrected chi connectivity index (χ1v) is 4.95. The molecule has 0 aliphatic heterocycles. The second-order valence-electron chi connectivity index (χ2n) is 3.75. The number of pyridine rings is 1. The standard InChI is InChI=1S/C13H14N2/c1-9(2)12(14)11-7-3-5-10-6-4-8-15-13(10)11/h3-8,12H,1,14H2,2H3. The van der Waals surface area contributed by atoms with Crippen molar-refractivity contribution in [2.75, 3.05) is 0 Å². The normalized spacial score (nSPS) is 12.7. The van der Waals surface area contributed by atoms with Gasteiger partial charge >= 0.3 is 0 Å². The second kappa shape index (κ2) is 3.83. The van der Waals surface area contributed by atoms with Crippen molar-refractivity contribution in [3.05, 3.63) is 54.2 Å². The summed E-state index contributed by atoms with van der Waals surface area (Å²) in [6.45, 7) is 5.82. The highest BCUT2D eigenvalue weighted by molar-refractivity contribution is 5.82. The SMILES string of the molecule is C=C(C)C(N)c1cccc2cccnc12. The van der Waals surface area contributed by atoms with Crippen LogP contribution >= 0.6 is 0 Å². The summed E-state index contributed by atoms with van der Waals surface area (Å²) in [6.07, 6.45) is 1.79. The molecule has 2 aromatic rings. The van der Waals surface area contributed by atoms with Gasteiger partial charge in [0.05, 0.1) is 11.6 Å². The van der Waals surface area contributed by atoms with Crippen LogP contribution < -0.4 is 5.73 Å². The molecule has 1 aromatic carbocycles. The Balaban J connectivity index is 2.65. The fraction of sp³-hybridized carbons (Fsp3) is 0.154. The van der Waals surface area contributed by atoms with Crippen molar-refractivity contribution in [1.82, 2.24) is 4.98 Å². The van der Waals surface area contributed by atoms with E-state index in [0.29, 0.717) is 0 Å². The average molecular weight is 198 g/mol. The summed E-state index contributed by atoms with van der Waals surface area (Å²) >= 11 is 0. The van der Waals surface area contributed by atoms with Gasteiger partial charge in [0.15, 0.2) is 0 Å². The van der Waals surface area contributed by atoms with Gasteiger partial charge in [-0.25, -0.2) is 0 Å². The predicted molar refractivity (Wildman–Crippen MR) is 63.5 cm³/mol. The van der Waals surface area contributed by atoms with Crippen molar-refractivity contribution in [1.29, 1.82) is 0 Å². The van der Waals surface area contributed by atoms with Crippen molar-refractivity contribution in [3.63, 3.8) is 0 Å². The lowest BCUT2D eigenvalue weighted by Gasteiger charge is -2.13. The van der Waals surface area contributed by atoms with E-state index in [9.17, 15) is 0 Å². The van der Waals surface area contributed by atoms with Gasteiger partial charge in [-0.05, 0) is 18.6 Å². The van der Waals surface area contributed by atoms with Gasteiger partial charge in [0.25, 0.3) is 0 Å². The number of aromatic nitrogens is 1. The molecule has 0 aliphatic carbocycles. The number of nitrogens with zero attached hydrogens (tertiary/aromatic N) is 1. The van der Waals surface area contributed by atoms with Crippen LogP contribution in [0.4, 0.5) is 0 Å². The van der Waals surface area contributed by atoms with E-state index in [-0.39, 0.29) is 6.04 Å². The summed E-state index contributed by atoms with van der Waals surface area (Å²) in [4.78, 5) is 4.36. The van der Waals surface area contributed by atoms with Crippen LogP contribution in [0.15, 0.2) is 48.7 Å². The highest BCUT2D eigenvalue weighted by Crippen LogP contribution is 2.24. The van der Waals surface area contributed by atoms with Crippen LogP contribution in [-0.2, 0) is 0 Å².